The molecule has 0 aromatic heterocycles. The molecule has 0 fully saturated rings. The number of hydrogen-bond donors (Lipinski definition) is 2. The Bertz CT molecular complexity index is 482. The van der Waals surface area contributed by atoms with Gasteiger partial charge in [0.15, 0.2) is 0 Å². The van der Waals surface area contributed by atoms with Crippen LogP contribution in [0.2, 0.25) is 0 Å². The van der Waals surface area contributed by atoms with Crippen molar-refractivity contribution in [3.63, 3.8) is 0 Å². The van der Waals surface area contributed by atoms with Crippen LogP contribution in [-0.2, 0) is 6.18 Å². The first-order chi connectivity index (χ1) is 9.83. The zero-order valence-electron chi connectivity index (χ0n) is 12.5. The molecule has 6 heteroatoms. The summed E-state index contributed by atoms with van der Waals surface area (Å²) < 4.78 is 38.2. The Morgan fingerprint density at radius 2 is 1.86 bits per heavy atom. The van der Waals surface area contributed by atoms with E-state index in [9.17, 15) is 18.0 Å². The highest BCUT2D eigenvalue weighted by Gasteiger charge is 2.31. The lowest BCUT2D eigenvalue weighted by Gasteiger charge is -2.16. The van der Waals surface area contributed by atoms with E-state index in [4.69, 9.17) is 0 Å². The van der Waals surface area contributed by atoms with E-state index < -0.39 is 17.6 Å². The number of benzene rings is 1. The van der Waals surface area contributed by atoms with Crippen molar-refractivity contribution in [2.24, 2.45) is 5.92 Å². The maximum atomic E-state index is 12.7. The second-order valence-electron chi connectivity index (χ2n) is 4.90. The van der Waals surface area contributed by atoms with Gasteiger partial charge in [0.05, 0.1) is 11.1 Å². The Morgan fingerprint density at radius 3 is 2.33 bits per heavy atom. The van der Waals surface area contributed by atoms with Crippen molar-refractivity contribution in [1.82, 2.24) is 5.32 Å². The van der Waals surface area contributed by atoms with E-state index in [0.717, 1.165) is 25.0 Å². The molecule has 0 spiro atoms. The predicted molar refractivity (Wildman–Crippen MR) is 77.4 cm³/mol. The van der Waals surface area contributed by atoms with Crippen molar-refractivity contribution >= 4 is 11.6 Å². The average molecular weight is 302 g/mol. The number of halogens is 3. The molecular formula is C15H21F3N2O. The summed E-state index contributed by atoms with van der Waals surface area (Å²) in [5, 5.41) is 5.45. The van der Waals surface area contributed by atoms with Crippen LogP contribution in [0.3, 0.4) is 0 Å². The van der Waals surface area contributed by atoms with Crippen LogP contribution >= 0.6 is 0 Å². The molecule has 1 aromatic rings. The van der Waals surface area contributed by atoms with E-state index in [0.29, 0.717) is 18.2 Å². The number of rotatable bonds is 6. The predicted octanol–water partition coefficient (Wildman–Crippen LogP) is 3.91. The fraction of sp³-hybridized carbons (Fsp3) is 0.533. The molecule has 0 saturated carbocycles. The molecule has 0 aliphatic heterocycles. The van der Waals surface area contributed by atoms with Gasteiger partial charge in [-0.3, -0.25) is 4.79 Å². The molecule has 0 aliphatic carbocycles. The second-order valence-corrected chi connectivity index (χ2v) is 4.90. The summed E-state index contributed by atoms with van der Waals surface area (Å²) in [7, 11) is 1.57. The summed E-state index contributed by atoms with van der Waals surface area (Å²) in [5.41, 5.74) is -0.433. The lowest BCUT2D eigenvalue weighted by molar-refractivity contribution is -0.137. The minimum atomic E-state index is -4.46. The normalized spacial score (nSPS) is 11.6. The molecular weight excluding hydrogens is 281 g/mol. The lowest BCUT2D eigenvalue weighted by atomic mass is 10.0. The Morgan fingerprint density at radius 1 is 1.24 bits per heavy atom. The van der Waals surface area contributed by atoms with Gasteiger partial charge >= 0.3 is 6.18 Å². The Kier molecular flexibility index (Phi) is 6.05. The third kappa shape index (κ3) is 4.65. The standard InChI is InChI=1S/C15H21F3N2O/c1-4-10(5-2)9-20-14(21)12-8-11(15(16,17)18)6-7-13(12)19-3/h6-8,10,19H,4-5,9H2,1-3H3,(H,20,21). The highest BCUT2D eigenvalue weighted by atomic mass is 19.4. The molecule has 0 unspecified atom stereocenters. The van der Waals surface area contributed by atoms with Crippen LogP contribution in [-0.4, -0.2) is 19.5 Å². The molecule has 3 nitrogen and oxygen atoms in total. The van der Waals surface area contributed by atoms with E-state index >= 15 is 0 Å². The Hall–Kier alpha value is -1.72. The minimum Gasteiger partial charge on any atom is -0.387 e. The van der Waals surface area contributed by atoms with Gasteiger partial charge in [-0.1, -0.05) is 26.7 Å². The largest absolute Gasteiger partial charge is 0.416 e. The quantitative estimate of drug-likeness (QED) is 0.836. The van der Waals surface area contributed by atoms with Crippen LogP contribution in [0.4, 0.5) is 18.9 Å². The highest BCUT2D eigenvalue weighted by Crippen LogP contribution is 2.31. The molecule has 21 heavy (non-hydrogen) atoms. The third-order valence-corrected chi connectivity index (χ3v) is 3.57. The van der Waals surface area contributed by atoms with Gasteiger partial charge in [-0.2, -0.15) is 13.2 Å². The SMILES string of the molecule is CCC(CC)CNC(=O)c1cc(C(F)(F)F)ccc1NC. The van der Waals surface area contributed by atoms with Gasteiger partial charge in [-0.25, -0.2) is 0 Å². The molecule has 0 atom stereocenters. The zero-order chi connectivity index (χ0) is 16.0. The van der Waals surface area contributed by atoms with Gasteiger partial charge in [-0.05, 0) is 24.1 Å². The topological polar surface area (TPSA) is 41.1 Å². The number of alkyl halides is 3. The van der Waals surface area contributed by atoms with Gasteiger partial charge in [0, 0.05) is 19.3 Å². The van der Waals surface area contributed by atoms with E-state index in [1.165, 1.54) is 6.07 Å². The first-order valence-electron chi connectivity index (χ1n) is 7.00. The van der Waals surface area contributed by atoms with Crippen molar-refractivity contribution in [1.29, 1.82) is 0 Å². The van der Waals surface area contributed by atoms with Crippen LogP contribution in [0.25, 0.3) is 0 Å². The van der Waals surface area contributed by atoms with E-state index in [1.807, 2.05) is 13.8 Å². The van der Waals surface area contributed by atoms with E-state index in [1.54, 1.807) is 7.05 Å². The minimum absolute atomic E-state index is 0.0123. The Balaban J connectivity index is 2.96. The number of nitrogens with one attached hydrogen (secondary N) is 2. The second kappa shape index (κ2) is 7.33. The summed E-state index contributed by atoms with van der Waals surface area (Å²) in [6.45, 7) is 4.50. The highest BCUT2D eigenvalue weighted by molar-refractivity contribution is 5.99. The molecule has 0 heterocycles. The van der Waals surface area contributed by atoms with Crippen molar-refractivity contribution in [2.75, 3.05) is 18.9 Å². The molecule has 0 bridgehead atoms. The van der Waals surface area contributed by atoms with Gasteiger partial charge in [-0.15, -0.1) is 0 Å². The average Bonchev–Trinajstić information content (AvgIpc) is 2.46. The first kappa shape index (κ1) is 17.3. The van der Waals surface area contributed by atoms with Crippen LogP contribution in [0.5, 0.6) is 0 Å². The molecule has 1 rings (SSSR count). The molecule has 0 saturated heterocycles. The van der Waals surface area contributed by atoms with Crippen LogP contribution < -0.4 is 10.6 Å². The van der Waals surface area contributed by atoms with Gasteiger partial charge < -0.3 is 10.6 Å². The zero-order valence-corrected chi connectivity index (χ0v) is 12.5. The molecule has 2 N–H and O–H groups in total. The fourth-order valence-electron chi connectivity index (χ4n) is 2.04. The summed E-state index contributed by atoms with van der Waals surface area (Å²) in [6, 6.07) is 3.12. The Labute approximate surface area is 122 Å². The number of hydrogen-bond acceptors (Lipinski definition) is 2. The smallest absolute Gasteiger partial charge is 0.387 e. The molecule has 0 radical (unpaired) electrons. The summed E-state index contributed by atoms with van der Waals surface area (Å²) in [4.78, 5) is 12.1. The number of carbonyl (C=O) groups is 1. The van der Waals surface area contributed by atoms with Crippen LogP contribution in [0.15, 0.2) is 18.2 Å². The van der Waals surface area contributed by atoms with Crippen molar-refractivity contribution < 1.29 is 18.0 Å². The number of anilines is 1. The van der Waals surface area contributed by atoms with Crippen molar-refractivity contribution in [3.05, 3.63) is 29.3 Å². The maximum absolute atomic E-state index is 12.7. The monoisotopic (exact) mass is 302 g/mol. The number of carbonyl (C=O) groups excluding carboxylic acids is 1. The van der Waals surface area contributed by atoms with Crippen LogP contribution in [0, 0.1) is 5.92 Å². The third-order valence-electron chi connectivity index (χ3n) is 3.57. The van der Waals surface area contributed by atoms with Crippen LogP contribution in [0.1, 0.15) is 42.6 Å². The lowest BCUT2D eigenvalue weighted by Crippen LogP contribution is -2.29. The molecule has 1 aromatic carbocycles. The molecule has 118 valence electrons. The van der Waals surface area contributed by atoms with Gasteiger partial charge in [0.25, 0.3) is 5.91 Å². The molecule has 0 aliphatic rings. The summed E-state index contributed by atoms with van der Waals surface area (Å²) in [6.07, 6.45) is -2.63. The molecule has 1 amide bonds. The maximum Gasteiger partial charge on any atom is 0.416 e. The van der Waals surface area contributed by atoms with Crippen molar-refractivity contribution in [2.45, 2.75) is 32.9 Å². The van der Waals surface area contributed by atoms with Gasteiger partial charge in [0.2, 0.25) is 0 Å². The summed E-state index contributed by atoms with van der Waals surface area (Å²) >= 11 is 0. The summed E-state index contributed by atoms with van der Waals surface area (Å²) in [5.74, 6) is -0.157. The van der Waals surface area contributed by atoms with E-state index in [2.05, 4.69) is 10.6 Å². The van der Waals surface area contributed by atoms with E-state index in [-0.39, 0.29) is 5.56 Å². The number of amides is 1. The van der Waals surface area contributed by atoms with Crippen molar-refractivity contribution in [3.8, 4) is 0 Å². The first-order valence-corrected chi connectivity index (χ1v) is 7.00. The fourth-order valence-corrected chi connectivity index (χ4v) is 2.04. The van der Waals surface area contributed by atoms with Gasteiger partial charge in [0.1, 0.15) is 0 Å².